The number of carbonyl (C=O) groups excluding carboxylic acids is 1. The van der Waals surface area contributed by atoms with Crippen molar-refractivity contribution in [3.8, 4) is 28.7 Å². The van der Waals surface area contributed by atoms with Gasteiger partial charge < -0.3 is 23.9 Å². The van der Waals surface area contributed by atoms with Crippen LogP contribution in [-0.2, 0) is 4.79 Å². The van der Waals surface area contributed by atoms with E-state index in [1.165, 1.54) is 33.1 Å². The van der Waals surface area contributed by atoms with E-state index in [1.54, 1.807) is 12.1 Å². The topological polar surface area (TPSA) is 95.7 Å². The number of rotatable bonds is 7. The Labute approximate surface area is 156 Å². The number of nitrogens with zero attached hydrogens (tertiary/aromatic N) is 2. The van der Waals surface area contributed by atoms with Crippen LogP contribution in [0, 0.1) is 0 Å². The number of nitrogens with one attached hydrogen (secondary N) is 1. The van der Waals surface area contributed by atoms with E-state index in [4.69, 9.17) is 18.6 Å². The molecular formula is C17H23N3O5S. The van der Waals surface area contributed by atoms with E-state index in [0.717, 1.165) is 0 Å². The van der Waals surface area contributed by atoms with Crippen LogP contribution in [0.3, 0.4) is 0 Å². The lowest BCUT2D eigenvalue weighted by atomic mass is 10.1. The van der Waals surface area contributed by atoms with E-state index in [9.17, 15) is 4.79 Å². The van der Waals surface area contributed by atoms with E-state index < -0.39 is 0 Å². The first kappa shape index (κ1) is 19.9. The fourth-order valence-corrected chi connectivity index (χ4v) is 2.73. The standard InChI is InChI=1S/C17H23N3O5S/c1-17(2,3)18-13(21)9-26-16-20-19-15(25-16)10-7-11(22-4)14(24-6)12(8-10)23-5/h7-8H,9H2,1-6H3,(H,18,21). The summed E-state index contributed by atoms with van der Waals surface area (Å²) in [6.45, 7) is 5.76. The Balaban J connectivity index is 2.15. The van der Waals surface area contributed by atoms with Crippen molar-refractivity contribution >= 4 is 17.7 Å². The van der Waals surface area contributed by atoms with Gasteiger partial charge in [-0.2, -0.15) is 0 Å². The largest absolute Gasteiger partial charge is 0.493 e. The zero-order valence-electron chi connectivity index (χ0n) is 15.7. The van der Waals surface area contributed by atoms with Crippen LogP contribution in [0.15, 0.2) is 21.8 Å². The van der Waals surface area contributed by atoms with Crippen molar-refractivity contribution in [2.24, 2.45) is 0 Å². The lowest BCUT2D eigenvalue weighted by Gasteiger charge is -2.19. The van der Waals surface area contributed by atoms with E-state index >= 15 is 0 Å². The van der Waals surface area contributed by atoms with Crippen molar-refractivity contribution in [3.63, 3.8) is 0 Å². The summed E-state index contributed by atoms with van der Waals surface area (Å²) < 4.78 is 21.6. The summed E-state index contributed by atoms with van der Waals surface area (Å²) in [5, 5.41) is 11.2. The molecule has 26 heavy (non-hydrogen) atoms. The van der Waals surface area contributed by atoms with E-state index in [1.807, 2.05) is 20.8 Å². The maximum atomic E-state index is 11.9. The molecule has 1 amide bonds. The maximum absolute atomic E-state index is 11.9. The summed E-state index contributed by atoms with van der Waals surface area (Å²) in [6.07, 6.45) is 0. The number of carbonyl (C=O) groups is 1. The fraction of sp³-hybridized carbons (Fsp3) is 0.471. The average Bonchev–Trinajstić information content (AvgIpc) is 3.06. The molecule has 0 spiro atoms. The highest BCUT2D eigenvalue weighted by Gasteiger charge is 2.19. The van der Waals surface area contributed by atoms with Gasteiger partial charge in [-0.15, -0.1) is 10.2 Å². The molecule has 0 radical (unpaired) electrons. The molecular weight excluding hydrogens is 358 g/mol. The molecule has 142 valence electrons. The molecule has 2 rings (SSSR count). The smallest absolute Gasteiger partial charge is 0.277 e. The minimum atomic E-state index is -0.284. The maximum Gasteiger partial charge on any atom is 0.277 e. The van der Waals surface area contributed by atoms with Gasteiger partial charge in [-0.3, -0.25) is 4.79 Å². The van der Waals surface area contributed by atoms with Gasteiger partial charge in [-0.05, 0) is 32.9 Å². The number of hydrogen-bond donors (Lipinski definition) is 1. The predicted octanol–water partition coefficient (Wildman–Crippen LogP) is 2.77. The number of ether oxygens (including phenoxy) is 3. The Bertz CT molecular complexity index is 745. The van der Waals surface area contributed by atoms with Gasteiger partial charge in [0, 0.05) is 11.1 Å². The molecule has 1 aromatic carbocycles. The zero-order valence-corrected chi connectivity index (χ0v) is 16.5. The van der Waals surface area contributed by atoms with Crippen molar-refractivity contribution in [1.82, 2.24) is 15.5 Å². The molecule has 1 heterocycles. The highest BCUT2D eigenvalue weighted by molar-refractivity contribution is 7.99. The summed E-state index contributed by atoms with van der Waals surface area (Å²) in [5.41, 5.74) is 0.339. The molecule has 0 unspecified atom stereocenters. The second-order valence-corrected chi connectivity index (χ2v) is 7.30. The Morgan fingerprint density at radius 2 is 1.73 bits per heavy atom. The molecule has 2 aromatic rings. The molecule has 8 nitrogen and oxygen atoms in total. The quantitative estimate of drug-likeness (QED) is 0.732. The third kappa shape index (κ3) is 5.04. The third-order valence-electron chi connectivity index (χ3n) is 3.16. The molecule has 0 aliphatic carbocycles. The van der Waals surface area contributed by atoms with Gasteiger partial charge in [0.15, 0.2) is 11.5 Å². The molecule has 0 atom stereocenters. The highest BCUT2D eigenvalue weighted by atomic mass is 32.2. The monoisotopic (exact) mass is 381 g/mol. The first-order valence-electron chi connectivity index (χ1n) is 7.85. The second-order valence-electron chi connectivity index (χ2n) is 6.37. The van der Waals surface area contributed by atoms with Crippen molar-refractivity contribution in [2.75, 3.05) is 27.1 Å². The van der Waals surface area contributed by atoms with Gasteiger partial charge in [0.05, 0.1) is 27.1 Å². The van der Waals surface area contributed by atoms with Gasteiger partial charge in [0.25, 0.3) is 5.22 Å². The highest BCUT2D eigenvalue weighted by Crippen LogP contribution is 2.41. The van der Waals surface area contributed by atoms with Gasteiger partial charge in [0.1, 0.15) is 0 Å². The van der Waals surface area contributed by atoms with Gasteiger partial charge in [-0.1, -0.05) is 11.8 Å². The Morgan fingerprint density at radius 3 is 2.23 bits per heavy atom. The lowest BCUT2D eigenvalue weighted by molar-refractivity contribution is -0.119. The number of benzene rings is 1. The minimum Gasteiger partial charge on any atom is -0.493 e. The minimum absolute atomic E-state index is 0.102. The SMILES string of the molecule is COc1cc(-c2nnc(SCC(=O)NC(C)(C)C)o2)cc(OC)c1OC. The van der Waals surface area contributed by atoms with Crippen LogP contribution in [0.5, 0.6) is 17.2 Å². The summed E-state index contributed by atoms with van der Waals surface area (Å²) in [5.74, 6) is 1.83. The average molecular weight is 381 g/mol. The summed E-state index contributed by atoms with van der Waals surface area (Å²) in [4.78, 5) is 11.9. The Kier molecular flexibility index (Phi) is 6.36. The van der Waals surface area contributed by atoms with Crippen LogP contribution in [0.2, 0.25) is 0 Å². The van der Waals surface area contributed by atoms with E-state index in [-0.39, 0.29) is 17.2 Å². The first-order chi connectivity index (χ1) is 12.3. The summed E-state index contributed by atoms with van der Waals surface area (Å²) in [6, 6.07) is 3.44. The van der Waals surface area contributed by atoms with Crippen LogP contribution in [0.1, 0.15) is 20.8 Å². The van der Waals surface area contributed by atoms with E-state index in [2.05, 4.69) is 15.5 Å². The van der Waals surface area contributed by atoms with Crippen LogP contribution < -0.4 is 19.5 Å². The van der Waals surface area contributed by atoms with Crippen LogP contribution in [0.25, 0.3) is 11.5 Å². The lowest BCUT2D eigenvalue weighted by Crippen LogP contribution is -2.41. The number of thioether (sulfide) groups is 1. The zero-order chi connectivity index (χ0) is 19.3. The summed E-state index contributed by atoms with van der Waals surface area (Å²) in [7, 11) is 4.60. The predicted molar refractivity (Wildman–Crippen MR) is 98.0 cm³/mol. The van der Waals surface area contributed by atoms with Crippen molar-refractivity contribution in [1.29, 1.82) is 0 Å². The fourth-order valence-electron chi connectivity index (χ4n) is 2.17. The number of hydrogen-bond acceptors (Lipinski definition) is 8. The number of amides is 1. The Morgan fingerprint density at radius 1 is 1.12 bits per heavy atom. The number of aromatic nitrogens is 2. The van der Waals surface area contributed by atoms with Gasteiger partial charge in [-0.25, -0.2) is 0 Å². The van der Waals surface area contributed by atoms with Crippen molar-refractivity contribution in [3.05, 3.63) is 12.1 Å². The van der Waals surface area contributed by atoms with Crippen LogP contribution in [-0.4, -0.2) is 48.7 Å². The molecule has 0 saturated carbocycles. The van der Waals surface area contributed by atoms with Gasteiger partial charge >= 0.3 is 0 Å². The molecule has 1 N–H and O–H groups in total. The molecule has 0 aliphatic heterocycles. The van der Waals surface area contributed by atoms with Crippen LogP contribution >= 0.6 is 11.8 Å². The molecule has 1 aromatic heterocycles. The van der Waals surface area contributed by atoms with Crippen LogP contribution in [0.4, 0.5) is 0 Å². The molecule has 0 saturated heterocycles. The molecule has 9 heteroatoms. The molecule has 0 fully saturated rings. The summed E-state index contributed by atoms with van der Waals surface area (Å²) >= 11 is 1.17. The third-order valence-corrected chi connectivity index (χ3v) is 3.98. The van der Waals surface area contributed by atoms with Crippen molar-refractivity contribution < 1.29 is 23.4 Å². The van der Waals surface area contributed by atoms with Gasteiger partial charge in [0.2, 0.25) is 17.5 Å². The van der Waals surface area contributed by atoms with E-state index in [0.29, 0.717) is 33.9 Å². The molecule has 0 bridgehead atoms. The number of methoxy groups -OCH3 is 3. The first-order valence-corrected chi connectivity index (χ1v) is 8.83. The van der Waals surface area contributed by atoms with Crippen molar-refractivity contribution in [2.45, 2.75) is 31.5 Å². The Hall–Kier alpha value is -2.42. The normalized spacial score (nSPS) is 11.2. The molecule has 0 aliphatic rings. The second kappa shape index (κ2) is 8.31.